The van der Waals surface area contributed by atoms with Crippen LogP contribution in [-0.2, 0) is 0 Å². The minimum Gasteiger partial charge on any atom is -0.335 e. The molecule has 0 bridgehead atoms. The van der Waals surface area contributed by atoms with Gasteiger partial charge >= 0.3 is 0 Å². The monoisotopic (exact) mass is 263 g/mol. The Kier molecular flexibility index (Phi) is 2.56. The summed E-state index contributed by atoms with van der Waals surface area (Å²) >= 11 is 5.93. The van der Waals surface area contributed by atoms with Crippen LogP contribution in [0, 0.1) is 5.82 Å². The van der Waals surface area contributed by atoms with Crippen molar-refractivity contribution >= 4 is 34.3 Å². The topological polar surface area (TPSA) is 66.5 Å². The summed E-state index contributed by atoms with van der Waals surface area (Å²) in [4.78, 5) is 14.9. The van der Waals surface area contributed by atoms with E-state index in [1.54, 1.807) is 6.07 Å². The van der Waals surface area contributed by atoms with Crippen molar-refractivity contribution < 1.29 is 4.39 Å². The van der Waals surface area contributed by atoms with Crippen LogP contribution in [0.1, 0.15) is 0 Å². The quantitative estimate of drug-likeness (QED) is 0.746. The zero-order chi connectivity index (χ0) is 12.5. The van der Waals surface area contributed by atoms with Gasteiger partial charge in [0.1, 0.15) is 12.1 Å². The Hall–Kier alpha value is -2.21. The number of anilines is 2. The van der Waals surface area contributed by atoms with Crippen molar-refractivity contribution in [1.29, 1.82) is 0 Å². The number of hydrogen-bond donors (Lipinski definition) is 2. The van der Waals surface area contributed by atoms with Crippen molar-refractivity contribution in [1.82, 2.24) is 19.9 Å². The smallest absolute Gasteiger partial charge is 0.162 e. The molecule has 0 saturated heterocycles. The molecule has 2 aromatic heterocycles. The van der Waals surface area contributed by atoms with Crippen molar-refractivity contribution in [2.24, 2.45) is 0 Å². The van der Waals surface area contributed by atoms with Gasteiger partial charge in [0.05, 0.1) is 17.0 Å². The van der Waals surface area contributed by atoms with Gasteiger partial charge in [-0.3, -0.25) is 0 Å². The van der Waals surface area contributed by atoms with Crippen molar-refractivity contribution in [3.63, 3.8) is 0 Å². The van der Waals surface area contributed by atoms with Crippen LogP contribution in [0.3, 0.4) is 0 Å². The Morgan fingerprint density at radius 1 is 1.22 bits per heavy atom. The minimum atomic E-state index is -0.454. The molecule has 0 radical (unpaired) electrons. The summed E-state index contributed by atoms with van der Waals surface area (Å²) in [7, 11) is 0. The van der Waals surface area contributed by atoms with Crippen LogP contribution >= 0.6 is 11.6 Å². The number of rotatable bonds is 2. The molecule has 0 aliphatic rings. The fourth-order valence-corrected chi connectivity index (χ4v) is 1.80. The summed E-state index contributed by atoms with van der Waals surface area (Å²) in [5.74, 6) is -0.0574. The highest BCUT2D eigenvalue weighted by atomic mass is 35.5. The Bertz CT molecular complexity index is 691. The Morgan fingerprint density at radius 2 is 2.11 bits per heavy atom. The Labute approximate surface area is 106 Å². The number of hydrogen-bond acceptors (Lipinski definition) is 4. The van der Waals surface area contributed by atoms with Crippen LogP contribution in [0.2, 0.25) is 5.02 Å². The zero-order valence-electron chi connectivity index (χ0n) is 8.98. The molecule has 3 aromatic rings. The maximum Gasteiger partial charge on any atom is 0.162 e. The first-order valence-corrected chi connectivity index (χ1v) is 5.48. The standard InChI is InChI=1S/C11H7ClFN5/c12-6-2-1-3-7(13)8(6)18-11-9-10(15-4-14-9)16-5-17-11/h1-5H,(H2,14,15,16,17,18). The van der Waals surface area contributed by atoms with Crippen LogP contribution in [-0.4, -0.2) is 19.9 Å². The SMILES string of the molecule is Fc1cccc(Cl)c1Nc1ncnc2[nH]cnc12. The number of aromatic nitrogens is 4. The molecule has 2 heterocycles. The molecule has 0 aliphatic carbocycles. The molecule has 0 saturated carbocycles. The summed E-state index contributed by atoms with van der Waals surface area (Å²) in [6.07, 6.45) is 2.85. The van der Waals surface area contributed by atoms with E-state index in [1.165, 1.54) is 24.8 Å². The van der Waals surface area contributed by atoms with Crippen LogP contribution in [0.4, 0.5) is 15.9 Å². The lowest BCUT2D eigenvalue weighted by molar-refractivity contribution is 0.632. The highest BCUT2D eigenvalue weighted by Gasteiger charge is 2.11. The number of imidazole rings is 1. The largest absolute Gasteiger partial charge is 0.335 e. The van der Waals surface area contributed by atoms with Crippen LogP contribution in [0.25, 0.3) is 11.2 Å². The predicted octanol–water partition coefficient (Wildman–Crippen LogP) is 2.89. The summed E-state index contributed by atoms with van der Waals surface area (Å²) in [6, 6.07) is 4.44. The second kappa shape index (κ2) is 4.23. The van der Waals surface area contributed by atoms with Crippen LogP contribution < -0.4 is 5.32 Å². The molecule has 0 amide bonds. The summed E-state index contributed by atoms with van der Waals surface area (Å²) in [6.45, 7) is 0. The average molecular weight is 264 g/mol. The minimum absolute atomic E-state index is 0.169. The molecule has 0 aliphatic heterocycles. The van der Waals surface area contributed by atoms with E-state index in [2.05, 4.69) is 25.3 Å². The highest BCUT2D eigenvalue weighted by molar-refractivity contribution is 6.33. The number of nitrogens with zero attached hydrogens (tertiary/aromatic N) is 3. The molecule has 7 heteroatoms. The molecule has 0 atom stereocenters. The van der Waals surface area contributed by atoms with Gasteiger partial charge in [-0.25, -0.2) is 19.3 Å². The lowest BCUT2D eigenvalue weighted by atomic mass is 10.3. The predicted molar refractivity (Wildman–Crippen MR) is 66.4 cm³/mol. The van der Waals surface area contributed by atoms with Gasteiger partial charge in [-0.15, -0.1) is 0 Å². The van der Waals surface area contributed by atoms with Gasteiger partial charge in [0.25, 0.3) is 0 Å². The molecule has 0 fully saturated rings. The van der Waals surface area contributed by atoms with Gasteiger partial charge in [-0.05, 0) is 12.1 Å². The number of benzene rings is 1. The van der Waals surface area contributed by atoms with Crippen molar-refractivity contribution in [3.8, 4) is 0 Å². The van der Waals surface area contributed by atoms with Crippen molar-refractivity contribution in [3.05, 3.63) is 41.7 Å². The first-order valence-electron chi connectivity index (χ1n) is 5.11. The number of nitrogens with one attached hydrogen (secondary N) is 2. The lowest BCUT2D eigenvalue weighted by Gasteiger charge is -2.08. The third kappa shape index (κ3) is 1.76. The number of halogens is 2. The highest BCUT2D eigenvalue weighted by Crippen LogP contribution is 2.28. The van der Waals surface area contributed by atoms with Gasteiger partial charge in [0.15, 0.2) is 17.0 Å². The Balaban J connectivity index is 2.09. The first-order chi connectivity index (χ1) is 8.75. The zero-order valence-corrected chi connectivity index (χ0v) is 9.74. The number of fused-ring (bicyclic) bond motifs is 1. The number of para-hydroxylation sites is 1. The molecular weight excluding hydrogens is 257 g/mol. The third-order valence-electron chi connectivity index (χ3n) is 2.42. The molecule has 3 rings (SSSR count). The maximum atomic E-state index is 13.6. The van der Waals surface area contributed by atoms with E-state index in [9.17, 15) is 4.39 Å². The van der Waals surface area contributed by atoms with Crippen molar-refractivity contribution in [2.45, 2.75) is 0 Å². The van der Waals surface area contributed by atoms with E-state index in [4.69, 9.17) is 11.6 Å². The Morgan fingerprint density at radius 3 is 2.94 bits per heavy atom. The summed E-state index contributed by atoms with van der Waals surface area (Å²) in [5.41, 5.74) is 1.26. The van der Waals surface area contributed by atoms with Crippen LogP contribution in [0.15, 0.2) is 30.9 Å². The van der Waals surface area contributed by atoms with Gasteiger partial charge < -0.3 is 10.3 Å². The molecule has 90 valence electrons. The van der Waals surface area contributed by atoms with Gasteiger partial charge in [-0.2, -0.15) is 0 Å². The molecule has 0 spiro atoms. The van der Waals surface area contributed by atoms with E-state index in [1.807, 2.05) is 0 Å². The molecule has 2 N–H and O–H groups in total. The maximum absolute atomic E-state index is 13.6. The van der Waals surface area contributed by atoms with Gasteiger partial charge in [0, 0.05) is 0 Å². The molecule has 0 unspecified atom stereocenters. The summed E-state index contributed by atoms with van der Waals surface area (Å²) < 4.78 is 13.6. The summed E-state index contributed by atoms with van der Waals surface area (Å²) in [5, 5.41) is 3.10. The van der Waals surface area contributed by atoms with E-state index < -0.39 is 5.82 Å². The molecule has 18 heavy (non-hydrogen) atoms. The molecular formula is C11H7ClFN5. The number of aromatic amines is 1. The number of H-pyrrole nitrogens is 1. The third-order valence-corrected chi connectivity index (χ3v) is 2.74. The van der Waals surface area contributed by atoms with Gasteiger partial charge in [0.2, 0.25) is 0 Å². The first kappa shape index (κ1) is 10.9. The normalized spacial score (nSPS) is 10.8. The van der Waals surface area contributed by atoms with E-state index in [0.717, 1.165) is 0 Å². The van der Waals surface area contributed by atoms with E-state index >= 15 is 0 Å². The second-order valence-electron chi connectivity index (χ2n) is 3.54. The fourth-order valence-electron chi connectivity index (χ4n) is 1.59. The van der Waals surface area contributed by atoms with Crippen molar-refractivity contribution in [2.75, 3.05) is 5.32 Å². The fraction of sp³-hybridized carbons (Fsp3) is 0. The second-order valence-corrected chi connectivity index (χ2v) is 3.95. The van der Waals surface area contributed by atoms with E-state index in [-0.39, 0.29) is 10.7 Å². The lowest BCUT2D eigenvalue weighted by Crippen LogP contribution is -1.98. The van der Waals surface area contributed by atoms with Crippen LogP contribution in [0.5, 0.6) is 0 Å². The molecule has 1 aromatic carbocycles. The average Bonchev–Trinajstić information content (AvgIpc) is 2.83. The molecule has 5 nitrogen and oxygen atoms in total. The van der Waals surface area contributed by atoms with E-state index in [0.29, 0.717) is 17.0 Å². The van der Waals surface area contributed by atoms with Gasteiger partial charge in [-0.1, -0.05) is 17.7 Å².